The van der Waals surface area contributed by atoms with Crippen LogP contribution in [0.5, 0.6) is 0 Å². The van der Waals surface area contributed by atoms with Gasteiger partial charge in [-0.15, -0.1) is 0 Å². The molecule has 100 valence electrons. The van der Waals surface area contributed by atoms with E-state index in [2.05, 4.69) is 61.9 Å². The summed E-state index contributed by atoms with van der Waals surface area (Å²) in [4.78, 5) is 4.90. The first-order valence-corrected chi connectivity index (χ1v) is 6.69. The van der Waals surface area contributed by atoms with Crippen LogP contribution in [0.1, 0.15) is 19.4 Å². The minimum atomic E-state index is 0.157. The predicted molar refractivity (Wildman–Crippen MR) is 78.1 cm³/mol. The molecular weight excluding hydrogens is 222 g/mol. The van der Waals surface area contributed by atoms with E-state index in [0.29, 0.717) is 12.6 Å². The molecule has 18 heavy (non-hydrogen) atoms. The summed E-state index contributed by atoms with van der Waals surface area (Å²) in [5.41, 5.74) is 8.77. The maximum atomic E-state index is 5.92. The summed E-state index contributed by atoms with van der Waals surface area (Å²) in [5, 5.41) is 0. The Morgan fingerprint density at radius 2 is 2.00 bits per heavy atom. The molecule has 0 saturated carbocycles. The summed E-state index contributed by atoms with van der Waals surface area (Å²) < 4.78 is 0. The van der Waals surface area contributed by atoms with E-state index in [1.54, 1.807) is 0 Å². The number of benzene rings is 1. The highest BCUT2D eigenvalue weighted by atomic mass is 15.3. The van der Waals surface area contributed by atoms with Crippen LogP contribution in [0, 0.1) is 6.92 Å². The van der Waals surface area contributed by atoms with Crippen LogP contribution < -0.4 is 10.6 Å². The van der Waals surface area contributed by atoms with E-state index in [1.807, 2.05) is 0 Å². The molecule has 1 unspecified atom stereocenters. The highest BCUT2D eigenvalue weighted by Crippen LogP contribution is 2.29. The van der Waals surface area contributed by atoms with Crippen molar-refractivity contribution in [1.82, 2.24) is 4.90 Å². The van der Waals surface area contributed by atoms with Crippen molar-refractivity contribution in [3.05, 3.63) is 29.8 Å². The second-order valence-electron chi connectivity index (χ2n) is 5.98. The molecule has 1 heterocycles. The molecule has 1 aliphatic heterocycles. The van der Waals surface area contributed by atoms with E-state index in [1.165, 1.54) is 11.3 Å². The number of piperazine rings is 1. The lowest BCUT2D eigenvalue weighted by molar-refractivity contribution is 0.0845. The normalized spacial score (nSPS) is 24.3. The van der Waals surface area contributed by atoms with Crippen LogP contribution in [0.15, 0.2) is 24.3 Å². The van der Waals surface area contributed by atoms with Gasteiger partial charge in [-0.25, -0.2) is 0 Å². The number of likely N-dealkylation sites (N-methyl/N-ethyl adjacent to an activating group) is 1. The Balaban J connectivity index is 2.28. The quantitative estimate of drug-likeness (QED) is 0.866. The predicted octanol–water partition coefficient (Wildman–Crippen LogP) is 1.85. The fourth-order valence-corrected chi connectivity index (χ4v) is 2.85. The Hall–Kier alpha value is -1.06. The van der Waals surface area contributed by atoms with Crippen LogP contribution in [0.3, 0.4) is 0 Å². The summed E-state index contributed by atoms with van der Waals surface area (Å²) in [7, 11) is 2.19. The van der Waals surface area contributed by atoms with Crippen molar-refractivity contribution >= 4 is 5.69 Å². The van der Waals surface area contributed by atoms with Crippen LogP contribution in [-0.4, -0.2) is 43.2 Å². The van der Waals surface area contributed by atoms with Gasteiger partial charge < -0.3 is 10.6 Å². The molecule has 1 fully saturated rings. The van der Waals surface area contributed by atoms with Crippen LogP contribution in [0.4, 0.5) is 5.69 Å². The number of hydrogen-bond acceptors (Lipinski definition) is 3. The molecule has 1 aromatic carbocycles. The molecule has 3 nitrogen and oxygen atoms in total. The van der Waals surface area contributed by atoms with Crippen molar-refractivity contribution < 1.29 is 0 Å². The van der Waals surface area contributed by atoms with Crippen molar-refractivity contribution in [3.63, 3.8) is 0 Å². The molecule has 3 heteroatoms. The van der Waals surface area contributed by atoms with Crippen LogP contribution in [0.2, 0.25) is 0 Å². The zero-order valence-corrected chi connectivity index (χ0v) is 12.0. The number of nitrogens with zero attached hydrogens (tertiary/aromatic N) is 2. The Kier molecular flexibility index (Phi) is 3.64. The van der Waals surface area contributed by atoms with E-state index in [4.69, 9.17) is 5.73 Å². The van der Waals surface area contributed by atoms with Crippen molar-refractivity contribution in [2.75, 3.05) is 31.6 Å². The van der Waals surface area contributed by atoms with Gasteiger partial charge in [0.2, 0.25) is 0 Å². The largest absolute Gasteiger partial charge is 0.368 e. The maximum absolute atomic E-state index is 5.92. The van der Waals surface area contributed by atoms with Gasteiger partial charge in [0.15, 0.2) is 0 Å². The number of para-hydroxylation sites is 1. The smallest absolute Gasteiger partial charge is 0.0397 e. The molecule has 1 aliphatic rings. The molecule has 0 spiro atoms. The molecule has 2 rings (SSSR count). The first kappa shape index (κ1) is 13.4. The molecule has 0 aliphatic carbocycles. The van der Waals surface area contributed by atoms with Gasteiger partial charge in [0, 0.05) is 36.9 Å². The zero-order chi connectivity index (χ0) is 13.3. The molecule has 2 N–H and O–H groups in total. The first-order valence-electron chi connectivity index (χ1n) is 6.69. The van der Waals surface area contributed by atoms with E-state index in [-0.39, 0.29) is 5.54 Å². The van der Waals surface area contributed by atoms with Gasteiger partial charge in [-0.3, -0.25) is 4.90 Å². The molecule has 0 aromatic heterocycles. The minimum absolute atomic E-state index is 0.157. The zero-order valence-electron chi connectivity index (χ0n) is 12.0. The number of nitrogens with two attached hydrogens (primary N) is 1. The van der Waals surface area contributed by atoms with Crippen molar-refractivity contribution in [1.29, 1.82) is 0 Å². The van der Waals surface area contributed by atoms with Crippen LogP contribution in [0.25, 0.3) is 0 Å². The van der Waals surface area contributed by atoms with Crippen LogP contribution >= 0.6 is 0 Å². The van der Waals surface area contributed by atoms with Crippen molar-refractivity contribution in [2.24, 2.45) is 5.73 Å². The van der Waals surface area contributed by atoms with Gasteiger partial charge in [0.05, 0.1) is 0 Å². The minimum Gasteiger partial charge on any atom is -0.368 e. The van der Waals surface area contributed by atoms with Crippen molar-refractivity contribution in [3.8, 4) is 0 Å². The number of anilines is 1. The van der Waals surface area contributed by atoms with Gasteiger partial charge in [-0.1, -0.05) is 18.2 Å². The fraction of sp³-hybridized carbons (Fsp3) is 0.600. The second-order valence-corrected chi connectivity index (χ2v) is 5.98. The Labute approximate surface area is 111 Å². The van der Waals surface area contributed by atoms with E-state index in [0.717, 1.165) is 13.1 Å². The summed E-state index contributed by atoms with van der Waals surface area (Å²) in [6, 6.07) is 9.03. The Morgan fingerprint density at radius 3 is 2.61 bits per heavy atom. The summed E-state index contributed by atoms with van der Waals surface area (Å²) in [6.07, 6.45) is 0. The van der Waals surface area contributed by atoms with Gasteiger partial charge in [0.1, 0.15) is 0 Å². The highest BCUT2D eigenvalue weighted by molar-refractivity contribution is 5.54. The standard InChI is InChI=1S/C15H25N3/c1-12-7-5-6-8-14(12)18-10-13(9-16)17(4)15(2,3)11-18/h5-8,13H,9-11,16H2,1-4H3. The van der Waals surface area contributed by atoms with E-state index >= 15 is 0 Å². The van der Waals surface area contributed by atoms with Gasteiger partial charge >= 0.3 is 0 Å². The first-order chi connectivity index (χ1) is 8.45. The molecule has 1 aromatic rings. The van der Waals surface area contributed by atoms with Gasteiger partial charge in [-0.2, -0.15) is 0 Å². The van der Waals surface area contributed by atoms with Crippen molar-refractivity contribution in [2.45, 2.75) is 32.4 Å². The topological polar surface area (TPSA) is 32.5 Å². The highest BCUT2D eigenvalue weighted by Gasteiger charge is 2.37. The molecular formula is C15H25N3. The van der Waals surface area contributed by atoms with E-state index in [9.17, 15) is 0 Å². The summed E-state index contributed by atoms with van der Waals surface area (Å²) >= 11 is 0. The third-order valence-electron chi connectivity index (χ3n) is 4.24. The lowest BCUT2D eigenvalue weighted by atomic mass is 9.94. The lowest BCUT2D eigenvalue weighted by Crippen LogP contribution is -2.64. The maximum Gasteiger partial charge on any atom is 0.0397 e. The third kappa shape index (κ3) is 2.38. The summed E-state index contributed by atoms with van der Waals surface area (Å²) in [5.74, 6) is 0. The molecule has 1 atom stereocenters. The molecule has 0 bridgehead atoms. The molecule has 0 amide bonds. The monoisotopic (exact) mass is 247 g/mol. The van der Waals surface area contributed by atoms with E-state index < -0.39 is 0 Å². The third-order valence-corrected chi connectivity index (χ3v) is 4.24. The fourth-order valence-electron chi connectivity index (χ4n) is 2.85. The molecule has 0 radical (unpaired) electrons. The molecule has 1 saturated heterocycles. The Morgan fingerprint density at radius 1 is 1.33 bits per heavy atom. The summed E-state index contributed by atoms with van der Waals surface area (Å²) in [6.45, 7) is 9.53. The van der Waals surface area contributed by atoms with Crippen LogP contribution in [-0.2, 0) is 0 Å². The second kappa shape index (κ2) is 4.90. The van der Waals surface area contributed by atoms with Gasteiger partial charge in [-0.05, 0) is 39.4 Å². The average Bonchev–Trinajstić information content (AvgIpc) is 2.33. The lowest BCUT2D eigenvalue weighted by Gasteiger charge is -2.51. The Bertz CT molecular complexity index is 414. The number of rotatable bonds is 2. The SMILES string of the molecule is Cc1ccccc1N1CC(CN)N(C)C(C)(C)C1. The van der Waals surface area contributed by atoms with Gasteiger partial charge in [0.25, 0.3) is 0 Å². The number of hydrogen-bond donors (Lipinski definition) is 1. The average molecular weight is 247 g/mol. The number of aryl methyl sites for hydroxylation is 1.